The number of fused-ring (bicyclic) bond motifs is 2. The molecule has 4 saturated carbocycles. The summed E-state index contributed by atoms with van der Waals surface area (Å²) in [6, 6.07) is 0. The van der Waals surface area contributed by atoms with Gasteiger partial charge in [-0.2, -0.15) is 0 Å². The Labute approximate surface area is 186 Å². The van der Waals surface area contributed by atoms with Crippen LogP contribution in [0.5, 0.6) is 0 Å². The SMILES string of the molecule is CC1CCC2C1CCC2C1C(=O)OCC1C1CCC2C1CCC2C(C(=O)O)C(C)CO. The Hall–Kier alpha value is -1.10. The number of carbonyl (C=O) groups is 2. The second kappa shape index (κ2) is 8.35. The van der Waals surface area contributed by atoms with Gasteiger partial charge in [-0.25, -0.2) is 0 Å². The van der Waals surface area contributed by atoms with Crippen LogP contribution in [0.2, 0.25) is 0 Å². The molecule has 0 aromatic heterocycles. The molecule has 12 atom stereocenters. The van der Waals surface area contributed by atoms with Crippen molar-refractivity contribution in [1.29, 1.82) is 0 Å². The van der Waals surface area contributed by atoms with Crippen molar-refractivity contribution in [2.45, 2.75) is 65.2 Å². The van der Waals surface area contributed by atoms with E-state index in [9.17, 15) is 19.8 Å². The van der Waals surface area contributed by atoms with Crippen LogP contribution in [0.4, 0.5) is 0 Å². The third kappa shape index (κ3) is 3.45. The summed E-state index contributed by atoms with van der Waals surface area (Å²) in [7, 11) is 0. The number of hydrogen-bond acceptors (Lipinski definition) is 4. The minimum atomic E-state index is -0.750. The van der Waals surface area contributed by atoms with Crippen molar-refractivity contribution in [3.8, 4) is 0 Å². The van der Waals surface area contributed by atoms with Gasteiger partial charge in [0.05, 0.1) is 18.4 Å². The predicted octanol–water partition coefficient (Wildman–Crippen LogP) is 4.23. The van der Waals surface area contributed by atoms with Crippen LogP contribution < -0.4 is 0 Å². The van der Waals surface area contributed by atoms with Crippen LogP contribution in [0.1, 0.15) is 65.2 Å². The van der Waals surface area contributed by atoms with Crippen LogP contribution in [-0.2, 0) is 14.3 Å². The number of carbonyl (C=O) groups excluding carboxylic acids is 1. The van der Waals surface area contributed by atoms with Gasteiger partial charge in [-0.15, -0.1) is 0 Å². The van der Waals surface area contributed by atoms with Crippen molar-refractivity contribution in [3.05, 3.63) is 0 Å². The molecule has 31 heavy (non-hydrogen) atoms. The summed E-state index contributed by atoms with van der Waals surface area (Å²) in [6.45, 7) is 4.78. The number of rotatable bonds is 6. The lowest BCUT2D eigenvalue weighted by Crippen LogP contribution is -2.35. The highest BCUT2D eigenvalue weighted by Gasteiger charge is 2.58. The summed E-state index contributed by atoms with van der Waals surface area (Å²) >= 11 is 0. The average Bonchev–Trinajstić information content (AvgIpc) is 3.52. The largest absolute Gasteiger partial charge is 0.481 e. The van der Waals surface area contributed by atoms with Crippen molar-refractivity contribution in [2.75, 3.05) is 13.2 Å². The number of ether oxygens (including phenoxy) is 1. The fourth-order valence-corrected chi connectivity index (χ4v) is 9.44. The van der Waals surface area contributed by atoms with E-state index >= 15 is 0 Å². The second-order valence-corrected chi connectivity index (χ2v) is 11.8. The molecule has 5 fully saturated rings. The smallest absolute Gasteiger partial charge is 0.309 e. The summed E-state index contributed by atoms with van der Waals surface area (Å²) in [5, 5.41) is 19.5. The van der Waals surface area contributed by atoms with E-state index in [2.05, 4.69) is 6.92 Å². The molecule has 0 spiro atoms. The van der Waals surface area contributed by atoms with E-state index in [0.29, 0.717) is 42.1 Å². The van der Waals surface area contributed by atoms with Crippen molar-refractivity contribution >= 4 is 11.9 Å². The predicted molar refractivity (Wildman–Crippen MR) is 116 cm³/mol. The van der Waals surface area contributed by atoms with Gasteiger partial charge in [0.1, 0.15) is 0 Å². The van der Waals surface area contributed by atoms with Gasteiger partial charge in [-0.3, -0.25) is 9.59 Å². The molecule has 0 bridgehead atoms. The molecule has 5 aliphatic rings. The van der Waals surface area contributed by atoms with E-state index in [-0.39, 0.29) is 30.3 Å². The average molecular weight is 433 g/mol. The van der Waals surface area contributed by atoms with Crippen molar-refractivity contribution < 1.29 is 24.5 Å². The Morgan fingerprint density at radius 2 is 1.48 bits per heavy atom. The molecule has 0 aromatic carbocycles. The summed E-state index contributed by atoms with van der Waals surface area (Å²) in [5.74, 6) is 3.52. The molecule has 12 unspecified atom stereocenters. The van der Waals surface area contributed by atoms with Crippen LogP contribution in [0.25, 0.3) is 0 Å². The Bertz CT molecular complexity index is 706. The lowest BCUT2D eigenvalue weighted by molar-refractivity contribution is -0.147. The van der Waals surface area contributed by atoms with E-state index in [1.807, 2.05) is 6.92 Å². The van der Waals surface area contributed by atoms with Crippen molar-refractivity contribution in [3.63, 3.8) is 0 Å². The summed E-state index contributed by atoms with van der Waals surface area (Å²) in [6.07, 6.45) is 9.28. The Balaban J connectivity index is 1.33. The number of hydrogen-bond donors (Lipinski definition) is 2. The number of aliphatic hydroxyl groups excluding tert-OH is 1. The molecular formula is C26H40O5. The zero-order chi connectivity index (χ0) is 21.9. The summed E-state index contributed by atoms with van der Waals surface area (Å²) in [4.78, 5) is 25.0. The van der Waals surface area contributed by atoms with Gasteiger partial charge in [-0.1, -0.05) is 20.3 Å². The highest BCUT2D eigenvalue weighted by atomic mass is 16.5. The zero-order valence-electron chi connectivity index (χ0n) is 19.1. The summed E-state index contributed by atoms with van der Waals surface area (Å²) < 4.78 is 5.73. The number of esters is 1. The first-order chi connectivity index (χ1) is 14.9. The van der Waals surface area contributed by atoms with E-state index in [1.54, 1.807) is 0 Å². The number of carboxylic acids is 1. The third-order valence-corrected chi connectivity index (χ3v) is 10.7. The van der Waals surface area contributed by atoms with Gasteiger partial charge >= 0.3 is 11.9 Å². The van der Waals surface area contributed by atoms with E-state index in [4.69, 9.17) is 4.74 Å². The maximum Gasteiger partial charge on any atom is 0.309 e. The number of cyclic esters (lactones) is 1. The topological polar surface area (TPSA) is 83.8 Å². The van der Waals surface area contributed by atoms with E-state index in [0.717, 1.165) is 37.5 Å². The molecule has 1 heterocycles. The van der Waals surface area contributed by atoms with Crippen LogP contribution >= 0.6 is 0 Å². The normalized spacial score (nSPS) is 48.4. The Kier molecular flexibility index (Phi) is 5.85. The second-order valence-electron chi connectivity index (χ2n) is 11.8. The maximum absolute atomic E-state index is 13.0. The Morgan fingerprint density at radius 1 is 0.903 bits per heavy atom. The van der Waals surface area contributed by atoms with Crippen LogP contribution in [0.3, 0.4) is 0 Å². The highest BCUT2D eigenvalue weighted by molar-refractivity contribution is 5.75. The molecule has 5 nitrogen and oxygen atoms in total. The number of carboxylic acid groups (broad SMARTS) is 1. The van der Waals surface area contributed by atoms with Gasteiger partial charge in [0, 0.05) is 12.5 Å². The molecule has 1 saturated heterocycles. The monoisotopic (exact) mass is 432 g/mol. The molecule has 0 amide bonds. The molecule has 4 aliphatic carbocycles. The minimum Gasteiger partial charge on any atom is -0.481 e. The first-order valence-corrected chi connectivity index (χ1v) is 12.9. The van der Waals surface area contributed by atoms with Crippen LogP contribution in [0.15, 0.2) is 0 Å². The minimum absolute atomic E-state index is 0.0607. The van der Waals surface area contributed by atoms with Gasteiger partial charge < -0.3 is 14.9 Å². The molecular weight excluding hydrogens is 392 g/mol. The molecule has 0 aromatic rings. The molecule has 2 N–H and O–H groups in total. The van der Waals surface area contributed by atoms with E-state index < -0.39 is 11.9 Å². The van der Waals surface area contributed by atoms with Crippen LogP contribution in [-0.4, -0.2) is 35.4 Å². The number of aliphatic carboxylic acids is 1. The molecule has 174 valence electrons. The molecule has 0 radical (unpaired) electrons. The van der Waals surface area contributed by atoms with Crippen molar-refractivity contribution in [1.82, 2.24) is 0 Å². The van der Waals surface area contributed by atoms with Gasteiger partial charge in [0.2, 0.25) is 0 Å². The number of aliphatic hydroxyl groups is 1. The quantitative estimate of drug-likeness (QED) is 0.614. The first kappa shape index (κ1) is 21.7. The fraction of sp³-hybridized carbons (Fsp3) is 0.923. The van der Waals surface area contributed by atoms with Gasteiger partial charge in [-0.05, 0) is 98.2 Å². The standard InChI is InChI=1S/C26H40O5/c1-13-3-4-16-15(13)5-9-21(16)24-22(12-31-26(24)30)19-7-6-18-17(19)8-10-20(18)23(25(28)29)14(2)11-27/h13-24,27H,3-12H2,1-2H3,(H,28,29). The Morgan fingerprint density at radius 3 is 2.23 bits per heavy atom. The highest BCUT2D eigenvalue weighted by Crippen LogP contribution is 2.60. The van der Waals surface area contributed by atoms with Gasteiger partial charge in [0.25, 0.3) is 0 Å². The molecule has 5 rings (SSSR count). The van der Waals surface area contributed by atoms with Crippen molar-refractivity contribution in [2.24, 2.45) is 71.0 Å². The lowest BCUT2D eigenvalue weighted by atomic mass is 9.69. The maximum atomic E-state index is 13.0. The van der Waals surface area contributed by atoms with Crippen LogP contribution in [0, 0.1) is 71.0 Å². The van der Waals surface area contributed by atoms with Gasteiger partial charge in [0.15, 0.2) is 0 Å². The zero-order valence-corrected chi connectivity index (χ0v) is 19.1. The first-order valence-electron chi connectivity index (χ1n) is 12.9. The van der Waals surface area contributed by atoms with E-state index in [1.165, 1.54) is 25.7 Å². The lowest BCUT2D eigenvalue weighted by Gasteiger charge is -2.33. The molecule has 5 heteroatoms. The summed E-state index contributed by atoms with van der Waals surface area (Å²) in [5.41, 5.74) is 0. The third-order valence-electron chi connectivity index (χ3n) is 10.7. The molecule has 1 aliphatic heterocycles. The fourth-order valence-electron chi connectivity index (χ4n) is 9.44.